The van der Waals surface area contributed by atoms with Crippen LogP contribution in [0, 0.1) is 17.8 Å². The molecule has 1 saturated carbocycles. The molecule has 2 aliphatic carbocycles. The number of benzene rings is 3. The van der Waals surface area contributed by atoms with E-state index >= 15 is 0 Å². The molecule has 6 atom stereocenters. The predicted octanol–water partition coefficient (Wildman–Crippen LogP) is 5.41. The second-order valence-corrected chi connectivity index (χ2v) is 13.4. The lowest BCUT2D eigenvalue weighted by Gasteiger charge is -2.29. The molecule has 0 radical (unpaired) electrons. The van der Waals surface area contributed by atoms with Crippen LogP contribution >= 0.6 is 0 Å². The topological polar surface area (TPSA) is 89.9 Å². The number of aliphatic hydroxyl groups is 2. The van der Waals surface area contributed by atoms with Gasteiger partial charge in [0.05, 0.1) is 18.2 Å². The first-order valence-electron chi connectivity index (χ1n) is 16.6. The molecule has 6 nitrogen and oxygen atoms in total. The third-order valence-corrected chi connectivity index (χ3v) is 10.2. The first kappa shape index (κ1) is 30.5. The summed E-state index contributed by atoms with van der Waals surface area (Å²) in [6, 6.07) is 27.6. The van der Waals surface area contributed by atoms with Crippen molar-refractivity contribution in [2.24, 2.45) is 17.8 Å². The molecule has 1 heterocycles. The minimum atomic E-state index is -0.845. The minimum absolute atomic E-state index is 0.00588. The van der Waals surface area contributed by atoms with Crippen molar-refractivity contribution in [3.8, 4) is 0 Å². The first-order valence-corrected chi connectivity index (χ1v) is 16.6. The molecule has 44 heavy (non-hydrogen) atoms. The maximum Gasteiger partial charge on any atom is 0.226 e. The van der Waals surface area contributed by atoms with Crippen LogP contribution in [0.4, 0.5) is 0 Å². The number of carbonyl (C=O) groups is 2. The number of likely N-dealkylation sites (tertiary alicyclic amines) is 1. The molecule has 3 aliphatic rings. The molecular weight excluding hydrogens is 548 g/mol. The number of carbonyl (C=O) groups excluding carboxylic acids is 2. The molecule has 6 rings (SSSR count). The van der Waals surface area contributed by atoms with Crippen LogP contribution in [0.15, 0.2) is 84.9 Å². The van der Waals surface area contributed by atoms with Crippen LogP contribution < -0.4 is 5.32 Å². The number of amides is 2. The van der Waals surface area contributed by atoms with Gasteiger partial charge < -0.3 is 20.4 Å². The van der Waals surface area contributed by atoms with Gasteiger partial charge in [-0.2, -0.15) is 0 Å². The third-order valence-electron chi connectivity index (χ3n) is 10.2. The first-order chi connectivity index (χ1) is 21.4. The average Bonchev–Trinajstić information content (AvgIpc) is 3.73. The van der Waals surface area contributed by atoms with Gasteiger partial charge in [0.2, 0.25) is 11.8 Å². The summed E-state index contributed by atoms with van der Waals surface area (Å²) in [5.41, 5.74) is 4.22. The van der Waals surface area contributed by atoms with Crippen LogP contribution in [0.2, 0.25) is 0 Å². The molecule has 6 heteroatoms. The number of nitrogens with zero attached hydrogens (tertiary/aromatic N) is 1. The molecule has 3 N–H and O–H groups in total. The van der Waals surface area contributed by atoms with Gasteiger partial charge in [-0.15, -0.1) is 0 Å². The molecule has 1 saturated heterocycles. The molecular formula is C38H46N2O4. The molecule has 6 unspecified atom stereocenters. The quantitative estimate of drug-likeness (QED) is 0.262. The largest absolute Gasteiger partial charge is 0.391 e. The zero-order valence-corrected chi connectivity index (χ0v) is 25.6. The number of nitrogens with one attached hydrogen (secondary N) is 1. The van der Waals surface area contributed by atoms with Crippen molar-refractivity contribution in [2.75, 3.05) is 6.54 Å². The fourth-order valence-corrected chi connectivity index (χ4v) is 7.97. The zero-order valence-electron chi connectivity index (χ0n) is 25.6. The van der Waals surface area contributed by atoms with E-state index in [0.717, 1.165) is 36.0 Å². The van der Waals surface area contributed by atoms with Gasteiger partial charge in [0.15, 0.2) is 0 Å². The fraction of sp³-hybridized carbons (Fsp3) is 0.474. The van der Waals surface area contributed by atoms with Crippen molar-refractivity contribution in [2.45, 2.75) is 88.5 Å². The van der Waals surface area contributed by atoms with Crippen LogP contribution in [0.5, 0.6) is 0 Å². The molecule has 3 aromatic rings. The smallest absolute Gasteiger partial charge is 0.226 e. The van der Waals surface area contributed by atoms with Crippen molar-refractivity contribution in [3.63, 3.8) is 0 Å². The van der Waals surface area contributed by atoms with Gasteiger partial charge in [-0.3, -0.25) is 9.59 Å². The Labute approximate surface area is 261 Å². The summed E-state index contributed by atoms with van der Waals surface area (Å²) in [5.74, 6) is 0.104. The highest BCUT2D eigenvalue weighted by Crippen LogP contribution is 2.37. The Morgan fingerprint density at radius 1 is 0.909 bits per heavy atom. The molecule has 1 aliphatic heterocycles. The molecule has 232 valence electrons. The molecule has 0 spiro atoms. The van der Waals surface area contributed by atoms with E-state index in [1.165, 1.54) is 31.2 Å². The van der Waals surface area contributed by atoms with Gasteiger partial charge in [0.25, 0.3) is 0 Å². The second-order valence-electron chi connectivity index (χ2n) is 13.4. The Morgan fingerprint density at radius 3 is 2.30 bits per heavy atom. The van der Waals surface area contributed by atoms with Crippen LogP contribution in [-0.4, -0.2) is 51.7 Å². The molecule has 0 aromatic heterocycles. The van der Waals surface area contributed by atoms with Crippen molar-refractivity contribution < 1.29 is 19.8 Å². The van der Waals surface area contributed by atoms with Crippen molar-refractivity contribution >= 4 is 11.8 Å². The van der Waals surface area contributed by atoms with Gasteiger partial charge in [0, 0.05) is 30.8 Å². The summed E-state index contributed by atoms with van der Waals surface area (Å²) in [4.78, 5) is 29.6. The molecule has 2 amide bonds. The number of rotatable bonds is 12. The Kier molecular flexibility index (Phi) is 9.78. The van der Waals surface area contributed by atoms with Crippen LogP contribution in [0.25, 0.3) is 0 Å². The lowest BCUT2D eigenvalue weighted by Crippen LogP contribution is -2.43. The number of hydrogen-bond donors (Lipinski definition) is 3. The summed E-state index contributed by atoms with van der Waals surface area (Å²) in [6.45, 7) is 0.227. The van der Waals surface area contributed by atoms with E-state index in [4.69, 9.17) is 0 Å². The SMILES string of the molecule is O=C(NC1c2ccccc2CC1O)C(Cc1ccccc1)CC(O)CN1C(=O)C(CC2CCCC2)CC1Cc1ccccc1. The van der Waals surface area contributed by atoms with Gasteiger partial charge in [0.1, 0.15) is 0 Å². The number of β-amino-alcohol motifs (C(OH)–C–C–N with tert-alkyl or cyclic N) is 1. The Morgan fingerprint density at radius 2 is 1.57 bits per heavy atom. The van der Waals surface area contributed by atoms with Gasteiger partial charge in [-0.25, -0.2) is 0 Å². The minimum Gasteiger partial charge on any atom is -0.391 e. The van der Waals surface area contributed by atoms with Crippen LogP contribution in [-0.2, 0) is 28.9 Å². The highest BCUT2D eigenvalue weighted by atomic mass is 16.3. The summed E-state index contributed by atoms with van der Waals surface area (Å²) in [7, 11) is 0. The maximum absolute atomic E-state index is 13.8. The normalized spacial score (nSPS) is 24.8. The molecule has 3 aromatic carbocycles. The zero-order chi connectivity index (χ0) is 30.5. The summed E-state index contributed by atoms with van der Waals surface area (Å²) in [5, 5.41) is 25.4. The van der Waals surface area contributed by atoms with Crippen LogP contribution in [0.3, 0.4) is 0 Å². The van der Waals surface area contributed by atoms with E-state index in [1.807, 2.05) is 77.7 Å². The average molecular weight is 595 g/mol. The molecule has 0 bridgehead atoms. The monoisotopic (exact) mass is 594 g/mol. The van der Waals surface area contributed by atoms with Gasteiger partial charge >= 0.3 is 0 Å². The van der Waals surface area contributed by atoms with Gasteiger partial charge in [-0.05, 0) is 60.3 Å². The summed E-state index contributed by atoms with van der Waals surface area (Å²) >= 11 is 0. The third kappa shape index (κ3) is 7.24. The van der Waals surface area contributed by atoms with E-state index < -0.39 is 24.2 Å². The highest BCUT2D eigenvalue weighted by molar-refractivity contribution is 5.82. The Hall–Kier alpha value is -3.48. The van der Waals surface area contributed by atoms with E-state index in [9.17, 15) is 19.8 Å². The summed E-state index contributed by atoms with van der Waals surface area (Å²) in [6.07, 6.45) is 7.18. The highest BCUT2D eigenvalue weighted by Gasteiger charge is 2.42. The number of hydrogen-bond acceptors (Lipinski definition) is 4. The van der Waals surface area contributed by atoms with Crippen LogP contribution in [0.1, 0.15) is 73.2 Å². The lowest BCUT2D eigenvalue weighted by atomic mass is 9.90. The second kappa shape index (κ2) is 14.1. The Balaban J connectivity index is 1.17. The van der Waals surface area contributed by atoms with Crippen molar-refractivity contribution in [1.82, 2.24) is 10.2 Å². The molecule has 2 fully saturated rings. The number of aliphatic hydroxyl groups excluding tert-OH is 2. The van der Waals surface area contributed by atoms with E-state index in [-0.39, 0.29) is 36.7 Å². The Bertz CT molecular complexity index is 1390. The summed E-state index contributed by atoms with van der Waals surface area (Å²) < 4.78 is 0. The fourth-order valence-electron chi connectivity index (χ4n) is 7.97. The van der Waals surface area contributed by atoms with E-state index in [2.05, 4.69) is 17.4 Å². The lowest BCUT2D eigenvalue weighted by molar-refractivity contribution is -0.134. The van der Waals surface area contributed by atoms with Crippen molar-refractivity contribution in [3.05, 3.63) is 107 Å². The van der Waals surface area contributed by atoms with E-state index in [0.29, 0.717) is 18.8 Å². The predicted molar refractivity (Wildman–Crippen MR) is 172 cm³/mol. The standard InChI is InChI=1S/C38H46N2O4/c41-33(25-40-32(21-28-13-5-2-6-14-28)22-31(38(40)44)20-27-15-7-8-16-27)23-30(19-26-11-3-1-4-12-26)37(43)39-36-34-18-10-9-17-29(34)24-35(36)42/h1-6,9-14,17-18,27,30-33,35-36,41-42H,7-8,15-16,19-25H2,(H,39,43). The van der Waals surface area contributed by atoms with Gasteiger partial charge in [-0.1, -0.05) is 111 Å². The maximum atomic E-state index is 13.8. The number of fused-ring (bicyclic) bond motifs is 1. The van der Waals surface area contributed by atoms with E-state index in [1.54, 1.807) is 0 Å². The van der Waals surface area contributed by atoms with Crippen molar-refractivity contribution in [1.29, 1.82) is 0 Å².